The van der Waals surface area contributed by atoms with Crippen molar-refractivity contribution in [1.29, 1.82) is 0 Å². The molecule has 1 atom stereocenters. The first kappa shape index (κ1) is 10.4. The van der Waals surface area contributed by atoms with Crippen LogP contribution in [0.1, 0.15) is 27.2 Å². The minimum atomic E-state index is -0.294. The normalized spacial score (nSPS) is 23.8. The molecule has 0 amide bonds. The molecule has 0 heterocycles. The molecule has 13 heavy (non-hydrogen) atoms. The van der Waals surface area contributed by atoms with Gasteiger partial charge >= 0.3 is 0 Å². The van der Waals surface area contributed by atoms with Gasteiger partial charge in [-0.15, -0.1) is 0 Å². The van der Waals surface area contributed by atoms with Crippen LogP contribution in [0.25, 0.3) is 0 Å². The monoisotopic (exact) mass is 245 g/mol. The summed E-state index contributed by atoms with van der Waals surface area (Å²) in [4.78, 5) is 10.4. The van der Waals surface area contributed by atoms with Gasteiger partial charge in [0.1, 0.15) is 0 Å². The van der Waals surface area contributed by atoms with E-state index in [-0.39, 0.29) is 10.6 Å². The fraction of sp³-hybridized carbons (Fsp3) is 0.556. The molecule has 0 radical (unpaired) electrons. The quantitative estimate of drug-likeness (QED) is 0.526. The molecule has 1 rings (SSSR count). The zero-order valence-electron chi connectivity index (χ0n) is 7.93. The first-order valence-electron chi connectivity index (χ1n) is 4.16. The maximum atomic E-state index is 10.7. The summed E-state index contributed by atoms with van der Waals surface area (Å²) >= 11 is 3.40. The molecule has 0 saturated heterocycles. The fourth-order valence-electron chi connectivity index (χ4n) is 1.74. The summed E-state index contributed by atoms with van der Waals surface area (Å²) in [5.74, 6) is 0.365. The summed E-state index contributed by atoms with van der Waals surface area (Å²) in [5, 5.41) is 10.7. The summed E-state index contributed by atoms with van der Waals surface area (Å²) in [7, 11) is 0. The summed E-state index contributed by atoms with van der Waals surface area (Å²) in [6.45, 7) is 5.69. The number of nitro groups is 1. The lowest BCUT2D eigenvalue weighted by atomic mass is 9.90. The van der Waals surface area contributed by atoms with E-state index in [0.29, 0.717) is 5.92 Å². The topological polar surface area (TPSA) is 43.1 Å². The minimum absolute atomic E-state index is 0.282. The SMILES string of the molecule is CC1=C([N+](=O)[O-])C(C)=C(Br)C(C)C1. The molecule has 0 spiro atoms. The second-order valence-corrected chi connectivity index (χ2v) is 4.32. The number of hydrogen-bond donors (Lipinski definition) is 0. The summed E-state index contributed by atoms with van der Waals surface area (Å²) in [6.07, 6.45) is 0.772. The molecule has 3 nitrogen and oxygen atoms in total. The highest BCUT2D eigenvalue weighted by Gasteiger charge is 2.28. The number of allylic oxidation sites excluding steroid dienone is 3. The molecule has 0 aromatic carbocycles. The number of hydrogen-bond acceptors (Lipinski definition) is 2. The maximum Gasteiger partial charge on any atom is 0.272 e. The third-order valence-electron chi connectivity index (χ3n) is 2.35. The van der Waals surface area contributed by atoms with E-state index in [1.165, 1.54) is 0 Å². The van der Waals surface area contributed by atoms with Crippen LogP contribution in [-0.2, 0) is 0 Å². The standard InChI is InChI=1S/C9H12BrNO2/c1-5-4-6(2)9(11(12)13)7(3)8(5)10/h5H,4H2,1-3H3. The molecule has 0 aliphatic heterocycles. The molecule has 0 aromatic rings. The molecule has 1 aliphatic rings. The van der Waals surface area contributed by atoms with Crippen LogP contribution < -0.4 is 0 Å². The van der Waals surface area contributed by atoms with Gasteiger partial charge in [0.15, 0.2) is 0 Å². The Labute approximate surface area is 85.8 Å². The van der Waals surface area contributed by atoms with Gasteiger partial charge in [0.25, 0.3) is 5.70 Å². The van der Waals surface area contributed by atoms with E-state index in [4.69, 9.17) is 0 Å². The lowest BCUT2D eigenvalue weighted by Gasteiger charge is -2.19. The summed E-state index contributed by atoms with van der Waals surface area (Å²) < 4.78 is 0.963. The van der Waals surface area contributed by atoms with Crippen molar-refractivity contribution in [2.24, 2.45) is 5.92 Å². The van der Waals surface area contributed by atoms with E-state index in [1.807, 2.05) is 6.92 Å². The predicted octanol–water partition coefficient (Wildman–Crippen LogP) is 3.25. The van der Waals surface area contributed by atoms with Gasteiger partial charge in [-0.2, -0.15) is 0 Å². The molecule has 72 valence electrons. The van der Waals surface area contributed by atoms with Crippen LogP contribution in [0.4, 0.5) is 0 Å². The second kappa shape index (κ2) is 3.62. The Bertz CT molecular complexity index is 318. The summed E-state index contributed by atoms with van der Waals surface area (Å²) in [6, 6.07) is 0. The zero-order valence-corrected chi connectivity index (χ0v) is 9.51. The Morgan fingerprint density at radius 2 is 2.08 bits per heavy atom. The highest BCUT2D eigenvalue weighted by Crippen LogP contribution is 2.37. The van der Waals surface area contributed by atoms with Crippen molar-refractivity contribution < 1.29 is 4.92 Å². The van der Waals surface area contributed by atoms with Gasteiger partial charge in [0.05, 0.1) is 4.92 Å². The van der Waals surface area contributed by atoms with Crippen molar-refractivity contribution in [2.45, 2.75) is 27.2 Å². The molecular formula is C9H12BrNO2. The maximum absolute atomic E-state index is 10.7. The first-order chi connectivity index (χ1) is 5.95. The van der Waals surface area contributed by atoms with Crippen LogP contribution in [-0.4, -0.2) is 4.92 Å². The van der Waals surface area contributed by atoms with Crippen LogP contribution in [0.5, 0.6) is 0 Å². The van der Waals surface area contributed by atoms with Crippen molar-refractivity contribution in [1.82, 2.24) is 0 Å². The van der Waals surface area contributed by atoms with Gasteiger partial charge in [-0.25, -0.2) is 0 Å². The number of rotatable bonds is 1. The molecule has 1 unspecified atom stereocenters. The Morgan fingerprint density at radius 1 is 1.54 bits per heavy atom. The Kier molecular flexibility index (Phi) is 2.91. The number of halogens is 1. The molecule has 1 aliphatic carbocycles. The molecule has 0 N–H and O–H groups in total. The molecular weight excluding hydrogens is 234 g/mol. The van der Waals surface area contributed by atoms with Crippen LogP contribution >= 0.6 is 15.9 Å². The molecule has 0 saturated carbocycles. The first-order valence-corrected chi connectivity index (χ1v) is 4.95. The molecule has 0 fully saturated rings. The van der Waals surface area contributed by atoms with Gasteiger partial charge < -0.3 is 0 Å². The lowest BCUT2D eigenvalue weighted by Crippen LogP contribution is -2.13. The van der Waals surface area contributed by atoms with E-state index in [9.17, 15) is 10.1 Å². The molecule has 0 aromatic heterocycles. The van der Waals surface area contributed by atoms with E-state index in [1.54, 1.807) is 6.92 Å². The highest BCUT2D eigenvalue weighted by molar-refractivity contribution is 9.11. The van der Waals surface area contributed by atoms with Crippen molar-refractivity contribution in [3.8, 4) is 0 Å². The van der Waals surface area contributed by atoms with Crippen molar-refractivity contribution in [3.05, 3.63) is 31.4 Å². The third-order valence-corrected chi connectivity index (χ3v) is 3.72. The average molecular weight is 246 g/mol. The van der Waals surface area contributed by atoms with Gasteiger partial charge in [0.2, 0.25) is 0 Å². The molecule has 4 heteroatoms. The van der Waals surface area contributed by atoms with Crippen LogP contribution in [0.2, 0.25) is 0 Å². The Balaban J connectivity index is 3.21. The smallest absolute Gasteiger partial charge is 0.258 e. The fourth-order valence-corrected chi connectivity index (χ4v) is 2.09. The average Bonchev–Trinajstić information content (AvgIpc) is 1.99. The Morgan fingerprint density at radius 3 is 2.54 bits per heavy atom. The minimum Gasteiger partial charge on any atom is -0.258 e. The van der Waals surface area contributed by atoms with E-state index >= 15 is 0 Å². The van der Waals surface area contributed by atoms with Crippen molar-refractivity contribution >= 4 is 15.9 Å². The second-order valence-electron chi connectivity index (χ2n) is 3.46. The number of nitrogens with zero attached hydrogens (tertiary/aromatic N) is 1. The zero-order chi connectivity index (χ0) is 10.2. The third kappa shape index (κ3) is 1.82. The van der Waals surface area contributed by atoms with Gasteiger partial charge in [0, 0.05) is 15.6 Å². The van der Waals surface area contributed by atoms with Gasteiger partial charge in [-0.1, -0.05) is 22.9 Å². The van der Waals surface area contributed by atoms with Crippen molar-refractivity contribution in [3.63, 3.8) is 0 Å². The van der Waals surface area contributed by atoms with Crippen LogP contribution in [0.3, 0.4) is 0 Å². The Hall–Kier alpha value is -0.640. The van der Waals surface area contributed by atoms with Crippen LogP contribution in [0.15, 0.2) is 21.3 Å². The van der Waals surface area contributed by atoms with E-state index in [0.717, 1.165) is 22.0 Å². The molecule has 0 bridgehead atoms. The lowest BCUT2D eigenvalue weighted by molar-refractivity contribution is -0.422. The van der Waals surface area contributed by atoms with Crippen molar-refractivity contribution in [2.75, 3.05) is 0 Å². The predicted molar refractivity (Wildman–Crippen MR) is 55.1 cm³/mol. The van der Waals surface area contributed by atoms with Gasteiger partial charge in [-0.05, 0) is 26.2 Å². The van der Waals surface area contributed by atoms with Crippen LogP contribution in [0, 0.1) is 16.0 Å². The summed E-state index contributed by atoms with van der Waals surface area (Å²) in [5.41, 5.74) is 1.92. The van der Waals surface area contributed by atoms with E-state index in [2.05, 4.69) is 22.9 Å². The largest absolute Gasteiger partial charge is 0.272 e. The van der Waals surface area contributed by atoms with Gasteiger partial charge in [-0.3, -0.25) is 10.1 Å². The highest BCUT2D eigenvalue weighted by atomic mass is 79.9. The van der Waals surface area contributed by atoms with E-state index < -0.39 is 0 Å².